The molecular weight excluding hydrogens is 162 g/mol. The molecule has 0 spiro atoms. The van der Waals surface area contributed by atoms with E-state index in [4.69, 9.17) is 0 Å². The Balaban J connectivity index is 2.50. The first-order valence-corrected chi connectivity index (χ1v) is 5.19. The number of rotatable bonds is 3. The van der Waals surface area contributed by atoms with Gasteiger partial charge in [0.1, 0.15) is 0 Å². The lowest BCUT2D eigenvalue weighted by atomic mass is 10.0. The Morgan fingerprint density at radius 3 is 3.00 bits per heavy atom. The lowest BCUT2D eigenvalue weighted by Gasteiger charge is -2.31. The highest BCUT2D eigenvalue weighted by Gasteiger charge is 2.19. The number of carbonyl (C=O) groups is 1. The molecule has 0 radical (unpaired) electrons. The molecule has 0 N–H and O–H groups in total. The molecule has 1 atom stereocenters. The summed E-state index contributed by atoms with van der Waals surface area (Å²) in [6.07, 6.45) is 8.92. The quantitative estimate of drug-likeness (QED) is 0.612. The molecule has 1 unspecified atom stereocenters. The smallest absolute Gasteiger partial charge is 0.219 e. The second-order valence-corrected chi connectivity index (χ2v) is 3.64. The summed E-state index contributed by atoms with van der Waals surface area (Å²) in [5.41, 5.74) is 0. The third-order valence-corrected chi connectivity index (χ3v) is 2.55. The highest BCUT2D eigenvalue weighted by atomic mass is 16.2. The fourth-order valence-electron chi connectivity index (χ4n) is 1.79. The van der Waals surface area contributed by atoms with E-state index in [9.17, 15) is 4.79 Å². The van der Waals surface area contributed by atoms with E-state index in [0.717, 1.165) is 19.4 Å². The molecule has 0 saturated carbocycles. The maximum atomic E-state index is 11.3. The Kier molecular flexibility index (Phi) is 4.00. The number of amides is 1. The van der Waals surface area contributed by atoms with Crippen LogP contribution in [0, 0.1) is 0 Å². The first-order chi connectivity index (χ1) is 6.25. The van der Waals surface area contributed by atoms with Crippen molar-refractivity contribution in [2.24, 2.45) is 0 Å². The molecule has 0 aliphatic carbocycles. The molecule has 0 aromatic carbocycles. The first kappa shape index (κ1) is 10.3. The van der Waals surface area contributed by atoms with Gasteiger partial charge in [-0.25, -0.2) is 0 Å². The van der Waals surface area contributed by atoms with Gasteiger partial charge < -0.3 is 4.90 Å². The standard InChI is InChI=1S/C11H19NO/c1-3-4-7-11-8-5-6-9-12(11)10(2)13/h5,8,11H,3-4,6-7,9H2,1-2H3. The molecule has 13 heavy (non-hydrogen) atoms. The number of unbranched alkanes of at least 4 members (excludes halogenated alkanes) is 1. The molecular formula is C11H19NO. The minimum Gasteiger partial charge on any atom is -0.336 e. The largest absolute Gasteiger partial charge is 0.336 e. The van der Waals surface area contributed by atoms with Crippen LogP contribution in [0.5, 0.6) is 0 Å². The summed E-state index contributed by atoms with van der Waals surface area (Å²) in [6.45, 7) is 4.75. The van der Waals surface area contributed by atoms with Crippen LogP contribution in [0.2, 0.25) is 0 Å². The topological polar surface area (TPSA) is 20.3 Å². The van der Waals surface area contributed by atoms with Gasteiger partial charge in [0.25, 0.3) is 0 Å². The van der Waals surface area contributed by atoms with Crippen molar-refractivity contribution in [3.8, 4) is 0 Å². The molecule has 1 heterocycles. The fourth-order valence-corrected chi connectivity index (χ4v) is 1.79. The second-order valence-electron chi connectivity index (χ2n) is 3.64. The maximum absolute atomic E-state index is 11.3. The molecule has 0 aromatic heterocycles. The third-order valence-electron chi connectivity index (χ3n) is 2.55. The fraction of sp³-hybridized carbons (Fsp3) is 0.727. The van der Waals surface area contributed by atoms with Crippen LogP contribution in [0.1, 0.15) is 39.5 Å². The number of nitrogens with zero attached hydrogens (tertiary/aromatic N) is 1. The van der Waals surface area contributed by atoms with Crippen LogP contribution in [-0.2, 0) is 4.79 Å². The minimum absolute atomic E-state index is 0.213. The Hall–Kier alpha value is -0.790. The van der Waals surface area contributed by atoms with Crippen LogP contribution in [0.25, 0.3) is 0 Å². The maximum Gasteiger partial charge on any atom is 0.219 e. The molecule has 1 aliphatic rings. The van der Waals surface area contributed by atoms with Crippen molar-refractivity contribution in [1.29, 1.82) is 0 Å². The second kappa shape index (κ2) is 5.05. The SMILES string of the molecule is CCCCC1C=CCCN1C(C)=O. The van der Waals surface area contributed by atoms with E-state index in [1.54, 1.807) is 6.92 Å². The van der Waals surface area contributed by atoms with Crippen molar-refractivity contribution in [2.45, 2.75) is 45.6 Å². The molecule has 2 nitrogen and oxygen atoms in total. The van der Waals surface area contributed by atoms with E-state index in [1.807, 2.05) is 4.90 Å². The van der Waals surface area contributed by atoms with Crippen LogP contribution in [0.4, 0.5) is 0 Å². The van der Waals surface area contributed by atoms with Crippen molar-refractivity contribution >= 4 is 5.91 Å². The lowest BCUT2D eigenvalue weighted by Crippen LogP contribution is -2.40. The zero-order valence-electron chi connectivity index (χ0n) is 8.62. The van der Waals surface area contributed by atoms with Crippen molar-refractivity contribution in [3.63, 3.8) is 0 Å². The lowest BCUT2D eigenvalue weighted by molar-refractivity contribution is -0.130. The van der Waals surface area contributed by atoms with E-state index in [1.165, 1.54) is 12.8 Å². The molecule has 1 aliphatic heterocycles. The van der Waals surface area contributed by atoms with Gasteiger partial charge in [0.05, 0.1) is 0 Å². The Morgan fingerprint density at radius 1 is 1.62 bits per heavy atom. The van der Waals surface area contributed by atoms with E-state index in [2.05, 4.69) is 19.1 Å². The highest BCUT2D eigenvalue weighted by Crippen LogP contribution is 2.15. The molecule has 0 bridgehead atoms. The molecule has 0 saturated heterocycles. The number of carbonyl (C=O) groups excluding carboxylic acids is 1. The summed E-state index contributed by atoms with van der Waals surface area (Å²) in [5, 5.41) is 0. The summed E-state index contributed by atoms with van der Waals surface area (Å²) in [5.74, 6) is 0.213. The molecule has 1 amide bonds. The Bertz CT molecular complexity index is 198. The van der Waals surface area contributed by atoms with Crippen molar-refractivity contribution in [2.75, 3.05) is 6.54 Å². The summed E-state index contributed by atoms with van der Waals surface area (Å²) >= 11 is 0. The van der Waals surface area contributed by atoms with Gasteiger partial charge in [0, 0.05) is 19.5 Å². The first-order valence-electron chi connectivity index (χ1n) is 5.19. The molecule has 2 heteroatoms. The van der Waals surface area contributed by atoms with Crippen LogP contribution in [0.15, 0.2) is 12.2 Å². The van der Waals surface area contributed by atoms with Crippen LogP contribution in [0.3, 0.4) is 0 Å². The normalized spacial score (nSPS) is 22.0. The van der Waals surface area contributed by atoms with Gasteiger partial charge >= 0.3 is 0 Å². The molecule has 1 rings (SSSR count). The van der Waals surface area contributed by atoms with Crippen molar-refractivity contribution < 1.29 is 4.79 Å². The van der Waals surface area contributed by atoms with Crippen LogP contribution in [-0.4, -0.2) is 23.4 Å². The zero-order valence-corrected chi connectivity index (χ0v) is 8.62. The predicted octanol–water partition coefficient (Wildman–Crippen LogP) is 2.35. The monoisotopic (exact) mass is 181 g/mol. The Morgan fingerprint density at radius 2 is 2.38 bits per heavy atom. The third kappa shape index (κ3) is 2.87. The summed E-state index contributed by atoms with van der Waals surface area (Å²) in [7, 11) is 0. The Labute approximate surface area is 80.6 Å². The van der Waals surface area contributed by atoms with E-state index in [0.29, 0.717) is 6.04 Å². The average Bonchev–Trinajstić information content (AvgIpc) is 2.15. The van der Waals surface area contributed by atoms with E-state index < -0.39 is 0 Å². The van der Waals surface area contributed by atoms with Gasteiger partial charge in [-0.05, 0) is 12.8 Å². The van der Waals surface area contributed by atoms with Crippen LogP contribution < -0.4 is 0 Å². The molecule has 0 aromatic rings. The number of hydrogen-bond donors (Lipinski definition) is 0. The summed E-state index contributed by atoms with van der Waals surface area (Å²) in [4.78, 5) is 13.2. The molecule has 74 valence electrons. The van der Waals surface area contributed by atoms with Crippen molar-refractivity contribution in [1.82, 2.24) is 4.90 Å². The zero-order chi connectivity index (χ0) is 9.68. The summed E-state index contributed by atoms with van der Waals surface area (Å²) in [6, 6.07) is 0.367. The van der Waals surface area contributed by atoms with E-state index >= 15 is 0 Å². The van der Waals surface area contributed by atoms with Crippen LogP contribution >= 0.6 is 0 Å². The average molecular weight is 181 g/mol. The van der Waals surface area contributed by atoms with Gasteiger partial charge in [-0.3, -0.25) is 4.79 Å². The van der Waals surface area contributed by atoms with Crippen molar-refractivity contribution in [3.05, 3.63) is 12.2 Å². The van der Waals surface area contributed by atoms with Gasteiger partial charge in [-0.2, -0.15) is 0 Å². The summed E-state index contributed by atoms with van der Waals surface area (Å²) < 4.78 is 0. The minimum atomic E-state index is 0.213. The van der Waals surface area contributed by atoms with Gasteiger partial charge in [-0.1, -0.05) is 31.9 Å². The molecule has 0 fully saturated rings. The van der Waals surface area contributed by atoms with Gasteiger partial charge in [0.2, 0.25) is 5.91 Å². The van der Waals surface area contributed by atoms with Gasteiger partial charge in [-0.15, -0.1) is 0 Å². The van der Waals surface area contributed by atoms with E-state index in [-0.39, 0.29) is 5.91 Å². The predicted molar refractivity (Wildman–Crippen MR) is 54.5 cm³/mol. The van der Waals surface area contributed by atoms with Gasteiger partial charge in [0.15, 0.2) is 0 Å². The number of hydrogen-bond acceptors (Lipinski definition) is 1. The highest BCUT2D eigenvalue weighted by molar-refractivity contribution is 5.74.